The highest BCUT2D eigenvalue weighted by atomic mass is 16.1. The maximum absolute atomic E-state index is 11.3. The van der Waals surface area contributed by atoms with Crippen LogP contribution in [0.25, 0.3) is 17.0 Å². The fourth-order valence-electron chi connectivity index (χ4n) is 2.65. The summed E-state index contributed by atoms with van der Waals surface area (Å²) in [6.07, 6.45) is 8.36. The zero-order valence-corrected chi connectivity index (χ0v) is 13.9. The van der Waals surface area contributed by atoms with Crippen LogP contribution in [-0.4, -0.2) is 30.2 Å². The Morgan fingerprint density at radius 2 is 2.00 bits per heavy atom. The van der Waals surface area contributed by atoms with E-state index in [2.05, 4.69) is 30.6 Å². The molecule has 8 heteroatoms. The molecule has 0 fully saturated rings. The number of rotatable bonds is 4. The number of anilines is 3. The van der Waals surface area contributed by atoms with Gasteiger partial charge in [-0.2, -0.15) is 0 Å². The number of aromatic nitrogens is 5. The van der Waals surface area contributed by atoms with E-state index < -0.39 is 0 Å². The number of hydrogen-bond acceptors (Lipinski definition) is 6. The van der Waals surface area contributed by atoms with Crippen molar-refractivity contribution >= 4 is 28.7 Å². The van der Waals surface area contributed by atoms with Gasteiger partial charge in [-0.05, 0) is 24.3 Å². The first-order valence-electron chi connectivity index (χ1n) is 7.94. The van der Waals surface area contributed by atoms with E-state index in [4.69, 9.17) is 0 Å². The Bertz CT molecular complexity index is 1080. The molecule has 0 atom stereocenters. The van der Waals surface area contributed by atoms with Crippen molar-refractivity contribution in [3.05, 3.63) is 61.4 Å². The maximum atomic E-state index is 11.3. The molecule has 0 aliphatic carbocycles. The number of nitrogens with zero attached hydrogens (tertiary/aromatic N) is 5. The van der Waals surface area contributed by atoms with Gasteiger partial charge in [0.2, 0.25) is 5.91 Å². The second-order valence-corrected chi connectivity index (χ2v) is 5.60. The van der Waals surface area contributed by atoms with Gasteiger partial charge in [-0.25, -0.2) is 15.0 Å². The average molecular weight is 345 g/mol. The molecule has 3 aromatic heterocycles. The number of hydrogen-bond donors (Lipinski definition) is 2. The minimum Gasteiger partial charge on any atom is -0.339 e. The molecule has 0 saturated carbocycles. The van der Waals surface area contributed by atoms with E-state index in [0.717, 1.165) is 11.5 Å². The first kappa shape index (κ1) is 15.7. The quantitative estimate of drug-likeness (QED) is 0.590. The third-order valence-electron chi connectivity index (χ3n) is 3.70. The normalized spacial score (nSPS) is 10.7. The number of amides is 1. The number of carbonyl (C=O) groups is 1. The van der Waals surface area contributed by atoms with Crippen molar-refractivity contribution in [2.75, 3.05) is 10.6 Å². The lowest BCUT2D eigenvalue weighted by Gasteiger charge is -2.10. The molecule has 0 saturated heterocycles. The van der Waals surface area contributed by atoms with Crippen LogP contribution in [0.3, 0.4) is 0 Å². The summed E-state index contributed by atoms with van der Waals surface area (Å²) in [7, 11) is 0. The number of nitrogens with one attached hydrogen (secondary N) is 2. The van der Waals surface area contributed by atoms with Crippen LogP contribution in [0, 0.1) is 0 Å². The van der Waals surface area contributed by atoms with Gasteiger partial charge >= 0.3 is 0 Å². The lowest BCUT2D eigenvalue weighted by atomic mass is 10.2. The van der Waals surface area contributed by atoms with E-state index >= 15 is 0 Å². The summed E-state index contributed by atoms with van der Waals surface area (Å²) < 4.78 is 1.90. The fraction of sp³-hybridized carbons (Fsp3) is 0.0556. The zero-order chi connectivity index (χ0) is 17.9. The summed E-state index contributed by atoms with van der Waals surface area (Å²) in [5.74, 6) is 0.630. The fourth-order valence-corrected chi connectivity index (χ4v) is 2.65. The SMILES string of the molecule is CC(=O)Nc1cccc(Nc2c(-c3ccncn3)nc3cnccn23)c1. The van der Waals surface area contributed by atoms with Crippen molar-refractivity contribution in [3.8, 4) is 11.4 Å². The Labute approximate surface area is 149 Å². The minimum atomic E-state index is -0.121. The monoisotopic (exact) mass is 345 g/mol. The number of imidazole rings is 1. The molecule has 26 heavy (non-hydrogen) atoms. The summed E-state index contributed by atoms with van der Waals surface area (Å²) in [6.45, 7) is 1.48. The van der Waals surface area contributed by atoms with E-state index in [-0.39, 0.29) is 5.91 Å². The second-order valence-electron chi connectivity index (χ2n) is 5.60. The van der Waals surface area contributed by atoms with Crippen molar-refractivity contribution < 1.29 is 4.79 Å². The molecule has 4 aromatic rings. The molecule has 4 rings (SSSR count). The van der Waals surface area contributed by atoms with Crippen LogP contribution < -0.4 is 10.6 Å². The molecular formula is C18H15N7O. The highest BCUT2D eigenvalue weighted by Gasteiger charge is 2.15. The van der Waals surface area contributed by atoms with E-state index in [1.54, 1.807) is 24.7 Å². The van der Waals surface area contributed by atoms with Crippen molar-refractivity contribution in [2.45, 2.75) is 6.92 Å². The highest BCUT2D eigenvalue weighted by Crippen LogP contribution is 2.30. The van der Waals surface area contributed by atoms with Gasteiger partial charge in [0, 0.05) is 36.9 Å². The van der Waals surface area contributed by atoms with Crippen LogP contribution in [0.5, 0.6) is 0 Å². The van der Waals surface area contributed by atoms with Crippen LogP contribution in [0.15, 0.2) is 61.4 Å². The molecule has 3 heterocycles. The van der Waals surface area contributed by atoms with Crippen LogP contribution in [0.1, 0.15) is 6.92 Å². The van der Waals surface area contributed by atoms with Crippen molar-refractivity contribution in [1.82, 2.24) is 24.3 Å². The molecule has 0 aliphatic rings. The summed E-state index contributed by atoms with van der Waals surface area (Å²) in [4.78, 5) is 28.3. The standard InChI is InChI=1S/C18H15N7O/c1-12(26)22-13-3-2-4-14(9-13)23-18-17(15-5-6-20-11-21-15)24-16-10-19-7-8-25(16)18/h2-11,23H,1H3,(H,22,26). The Kier molecular flexibility index (Phi) is 3.98. The van der Waals surface area contributed by atoms with E-state index in [9.17, 15) is 4.79 Å². The molecule has 1 amide bonds. The van der Waals surface area contributed by atoms with Crippen molar-refractivity contribution in [3.63, 3.8) is 0 Å². The molecular weight excluding hydrogens is 330 g/mol. The van der Waals surface area contributed by atoms with E-state index in [1.807, 2.05) is 34.9 Å². The van der Waals surface area contributed by atoms with Crippen LogP contribution in [0.4, 0.5) is 17.2 Å². The van der Waals surface area contributed by atoms with Crippen LogP contribution >= 0.6 is 0 Å². The van der Waals surface area contributed by atoms with Crippen molar-refractivity contribution in [1.29, 1.82) is 0 Å². The summed E-state index contributed by atoms with van der Waals surface area (Å²) in [6, 6.07) is 9.26. The second kappa shape index (κ2) is 6.60. The highest BCUT2D eigenvalue weighted by molar-refractivity contribution is 5.89. The van der Waals surface area contributed by atoms with E-state index in [1.165, 1.54) is 13.3 Å². The topological polar surface area (TPSA) is 97.1 Å². The average Bonchev–Trinajstić information content (AvgIpc) is 3.01. The molecule has 0 spiro atoms. The summed E-state index contributed by atoms with van der Waals surface area (Å²) in [5.41, 5.74) is 3.60. The van der Waals surface area contributed by atoms with Gasteiger partial charge in [0.25, 0.3) is 0 Å². The smallest absolute Gasteiger partial charge is 0.221 e. The lowest BCUT2D eigenvalue weighted by molar-refractivity contribution is -0.114. The van der Waals surface area contributed by atoms with Gasteiger partial charge in [0.05, 0.1) is 11.9 Å². The van der Waals surface area contributed by atoms with Crippen molar-refractivity contribution in [2.24, 2.45) is 0 Å². The largest absolute Gasteiger partial charge is 0.339 e. The third kappa shape index (κ3) is 3.07. The molecule has 0 bridgehead atoms. The van der Waals surface area contributed by atoms with Gasteiger partial charge in [0.1, 0.15) is 17.8 Å². The zero-order valence-electron chi connectivity index (χ0n) is 13.9. The Morgan fingerprint density at radius 3 is 2.81 bits per heavy atom. The number of carbonyl (C=O) groups excluding carboxylic acids is 1. The van der Waals surface area contributed by atoms with Crippen LogP contribution in [-0.2, 0) is 4.79 Å². The maximum Gasteiger partial charge on any atom is 0.221 e. The summed E-state index contributed by atoms with van der Waals surface area (Å²) in [5, 5.41) is 6.14. The molecule has 0 radical (unpaired) electrons. The Balaban J connectivity index is 1.80. The van der Waals surface area contributed by atoms with Crippen LogP contribution in [0.2, 0.25) is 0 Å². The molecule has 2 N–H and O–H groups in total. The van der Waals surface area contributed by atoms with Gasteiger partial charge in [-0.3, -0.25) is 14.2 Å². The van der Waals surface area contributed by atoms with Gasteiger partial charge in [-0.15, -0.1) is 0 Å². The van der Waals surface area contributed by atoms with E-state index in [0.29, 0.717) is 22.7 Å². The van der Waals surface area contributed by atoms with Gasteiger partial charge in [0.15, 0.2) is 5.65 Å². The Hall–Kier alpha value is -3.81. The molecule has 8 nitrogen and oxygen atoms in total. The molecule has 1 aromatic carbocycles. The predicted octanol–water partition coefficient (Wildman–Crippen LogP) is 2.89. The minimum absolute atomic E-state index is 0.121. The number of benzene rings is 1. The lowest BCUT2D eigenvalue weighted by Crippen LogP contribution is -2.06. The van der Waals surface area contributed by atoms with Gasteiger partial charge < -0.3 is 10.6 Å². The summed E-state index contributed by atoms with van der Waals surface area (Å²) >= 11 is 0. The van der Waals surface area contributed by atoms with Gasteiger partial charge in [-0.1, -0.05) is 6.07 Å². The Morgan fingerprint density at radius 1 is 1.12 bits per heavy atom. The predicted molar refractivity (Wildman–Crippen MR) is 98.0 cm³/mol. The first-order valence-corrected chi connectivity index (χ1v) is 7.94. The molecule has 0 unspecified atom stereocenters. The number of fused-ring (bicyclic) bond motifs is 1. The third-order valence-corrected chi connectivity index (χ3v) is 3.70. The first-order chi connectivity index (χ1) is 12.7. The molecule has 128 valence electrons. The molecule has 0 aliphatic heterocycles.